The van der Waals surface area contributed by atoms with E-state index in [0.717, 1.165) is 18.4 Å². The van der Waals surface area contributed by atoms with E-state index < -0.39 is 35.6 Å². The van der Waals surface area contributed by atoms with Crippen LogP contribution in [0.15, 0.2) is 16.3 Å². The van der Waals surface area contributed by atoms with Gasteiger partial charge < -0.3 is 28.8 Å². The number of cyclic esters (lactones) is 1. The van der Waals surface area contributed by atoms with Gasteiger partial charge in [-0.25, -0.2) is 0 Å². The third-order valence-electron chi connectivity index (χ3n) is 8.91. The summed E-state index contributed by atoms with van der Waals surface area (Å²) in [5, 5.41) is 21.9. The lowest BCUT2D eigenvalue weighted by molar-refractivity contribution is -0.154. The highest BCUT2D eigenvalue weighted by molar-refractivity contribution is 5.88. The molecule has 3 heterocycles. The molecule has 1 saturated carbocycles. The highest BCUT2D eigenvalue weighted by Gasteiger charge is 2.58. The first kappa shape index (κ1) is 27.8. The molecule has 9 atom stereocenters. The number of aliphatic hydroxyl groups is 2. The molecule has 3 fully saturated rings. The van der Waals surface area contributed by atoms with Crippen molar-refractivity contribution in [2.75, 3.05) is 7.11 Å². The zero-order valence-electron chi connectivity index (χ0n) is 22.9. The summed E-state index contributed by atoms with van der Waals surface area (Å²) in [5.41, 5.74) is -0.268. The summed E-state index contributed by atoms with van der Waals surface area (Å²) < 4.78 is 22.2. The maximum atomic E-state index is 13.3. The van der Waals surface area contributed by atoms with E-state index in [9.17, 15) is 19.8 Å². The number of nitrogens with zero attached hydrogens (tertiary/aromatic N) is 1. The molecule has 4 unspecified atom stereocenters. The minimum Gasteiger partial charge on any atom is -0.458 e. The zero-order valence-corrected chi connectivity index (χ0v) is 22.9. The molecule has 0 bridgehead atoms. The Hall–Kier alpha value is -2.23. The predicted octanol–water partition coefficient (Wildman–Crippen LogP) is 3.57. The standard InChI is InChI=1S/C28H41NO8/c1-14(8-18-13-35-26(29-18)34-7)20-10-22-28(6,37-22)12-17-9-19(17)15(2)24(32)16(3)25(33)27(4,5)21(30)11-23(31)36-20/h8,13,15-17,19-22,24,30,32H,9-12H2,1-7H3/b14-8+/t15-,16+,17?,19?,20-,21-,22?,24-,28?/m0/s1. The Morgan fingerprint density at radius 3 is 2.54 bits per heavy atom. The van der Waals surface area contributed by atoms with Crippen molar-refractivity contribution in [3.63, 3.8) is 0 Å². The molecular weight excluding hydrogens is 478 g/mol. The smallest absolute Gasteiger partial charge is 0.393 e. The van der Waals surface area contributed by atoms with E-state index in [0.29, 0.717) is 24.0 Å². The van der Waals surface area contributed by atoms with Crippen molar-refractivity contribution in [3.05, 3.63) is 17.5 Å². The second-order valence-electron chi connectivity index (χ2n) is 12.1. The van der Waals surface area contributed by atoms with Gasteiger partial charge in [-0.2, -0.15) is 4.98 Å². The summed E-state index contributed by atoms with van der Waals surface area (Å²) in [4.78, 5) is 30.5. The molecule has 2 N–H and O–H groups in total. The molecule has 1 aromatic rings. The summed E-state index contributed by atoms with van der Waals surface area (Å²) in [6, 6.07) is 0. The number of fused-ring (bicyclic) bond motifs is 2. The van der Waals surface area contributed by atoms with Crippen LogP contribution in [0, 0.1) is 29.1 Å². The second-order valence-corrected chi connectivity index (χ2v) is 12.1. The van der Waals surface area contributed by atoms with Gasteiger partial charge in [0.2, 0.25) is 0 Å². The number of carbonyl (C=O) groups is 2. The number of hydrogen-bond donors (Lipinski definition) is 2. The van der Waals surface area contributed by atoms with Gasteiger partial charge in [0.1, 0.15) is 23.8 Å². The minimum absolute atomic E-state index is 0.0482. The lowest BCUT2D eigenvalue weighted by Crippen LogP contribution is -2.46. The Kier molecular flexibility index (Phi) is 7.63. The van der Waals surface area contributed by atoms with Gasteiger partial charge in [-0.05, 0) is 56.1 Å². The molecule has 9 nitrogen and oxygen atoms in total. The molecule has 0 spiro atoms. The Labute approximate surface area is 218 Å². The Balaban J connectivity index is 1.59. The third-order valence-corrected chi connectivity index (χ3v) is 8.91. The van der Waals surface area contributed by atoms with Crippen LogP contribution in [-0.2, 0) is 19.1 Å². The average Bonchev–Trinajstić information content (AvgIpc) is 3.68. The molecule has 0 amide bonds. The van der Waals surface area contributed by atoms with Crippen molar-refractivity contribution in [3.8, 4) is 6.08 Å². The van der Waals surface area contributed by atoms with Gasteiger partial charge >= 0.3 is 12.0 Å². The average molecular weight is 520 g/mol. The van der Waals surface area contributed by atoms with Crippen LogP contribution in [0.4, 0.5) is 0 Å². The highest BCUT2D eigenvalue weighted by atomic mass is 16.6. The molecule has 1 aromatic heterocycles. The van der Waals surface area contributed by atoms with Crippen molar-refractivity contribution in [2.24, 2.45) is 29.1 Å². The number of methoxy groups -OCH3 is 1. The number of aliphatic hydroxyl groups excluding tert-OH is 2. The van der Waals surface area contributed by atoms with E-state index in [1.165, 1.54) is 13.4 Å². The van der Waals surface area contributed by atoms with E-state index >= 15 is 0 Å². The van der Waals surface area contributed by atoms with Gasteiger partial charge in [0.25, 0.3) is 0 Å². The van der Waals surface area contributed by atoms with E-state index in [-0.39, 0.29) is 35.9 Å². The number of ether oxygens (including phenoxy) is 3. The maximum absolute atomic E-state index is 13.3. The van der Waals surface area contributed by atoms with Gasteiger partial charge in [0.15, 0.2) is 0 Å². The maximum Gasteiger partial charge on any atom is 0.393 e. The molecule has 1 aliphatic carbocycles. The van der Waals surface area contributed by atoms with Crippen molar-refractivity contribution in [1.29, 1.82) is 0 Å². The first-order valence-electron chi connectivity index (χ1n) is 13.2. The molecule has 9 heteroatoms. The molecule has 0 radical (unpaired) electrons. The molecule has 3 aliphatic rings. The number of oxazole rings is 1. The van der Waals surface area contributed by atoms with Crippen molar-refractivity contribution in [2.45, 2.75) is 97.2 Å². The summed E-state index contributed by atoms with van der Waals surface area (Å²) in [6.45, 7) is 10.9. The van der Waals surface area contributed by atoms with E-state index in [2.05, 4.69) is 11.9 Å². The van der Waals surface area contributed by atoms with Gasteiger partial charge in [0, 0.05) is 12.3 Å². The number of aromatic nitrogens is 1. The van der Waals surface area contributed by atoms with Crippen molar-refractivity contribution in [1.82, 2.24) is 4.98 Å². The third kappa shape index (κ3) is 5.78. The summed E-state index contributed by atoms with van der Waals surface area (Å²) in [5.74, 6) is -0.849. The number of ketones is 1. The van der Waals surface area contributed by atoms with Crippen LogP contribution in [0.1, 0.15) is 72.9 Å². The largest absolute Gasteiger partial charge is 0.458 e. The lowest BCUT2D eigenvalue weighted by Gasteiger charge is -2.34. The number of carbonyl (C=O) groups excluding carboxylic acids is 2. The van der Waals surface area contributed by atoms with Gasteiger partial charge in [-0.3, -0.25) is 9.59 Å². The molecule has 2 aliphatic heterocycles. The van der Waals surface area contributed by atoms with Crippen LogP contribution in [0.3, 0.4) is 0 Å². The van der Waals surface area contributed by atoms with Crippen LogP contribution in [0.2, 0.25) is 0 Å². The van der Waals surface area contributed by atoms with Crippen LogP contribution in [-0.4, -0.2) is 64.1 Å². The number of rotatable bonds is 3. The number of hydrogen-bond acceptors (Lipinski definition) is 9. The van der Waals surface area contributed by atoms with Crippen molar-refractivity contribution >= 4 is 17.8 Å². The van der Waals surface area contributed by atoms with E-state index in [1.54, 1.807) is 26.8 Å². The molecule has 206 valence electrons. The molecule has 2 saturated heterocycles. The predicted molar refractivity (Wildman–Crippen MR) is 134 cm³/mol. The summed E-state index contributed by atoms with van der Waals surface area (Å²) in [7, 11) is 1.46. The van der Waals surface area contributed by atoms with Crippen LogP contribution in [0.5, 0.6) is 6.08 Å². The van der Waals surface area contributed by atoms with Gasteiger partial charge in [-0.15, -0.1) is 0 Å². The Morgan fingerprint density at radius 2 is 1.89 bits per heavy atom. The molecule has 37 heavy (non-hydrogen) atoms. The fraction of sp³-hybridized carbons (Fsp3) is 0.750. The SMILES string of the molecule is COc1nc(/C=C(\C)[C@@H]2CC3OC3(C)CC3CC3[C@H](C)[C@H](O)[C@@H](C)C(=O)C(C)(C)[C@@H](O)CC(=O)O2)co1. The fourth-order valence-corrected chi connectivity index (χ4v) is 5.95. The zero-order chi connectivity index (χ0) is 27.3. The number of esters is 1. The monoisotopic (exact) mass is 519 g/mol. The molecule has 0 aromatic carbocycles. The van der Waals surface area contributed by atoms with Gasteiger partial charge in [0.05, 0.1) is 42.9 Å². The number of epoxide rings is 1. The normalized spacial score (nSPS) is 40.8. The van der Waals surface area contributed by atoms with E-state index in [1.807, 2.05) is 13.8 Å². The van der Waals surface area contributed by atoms with Crippen LogP contribution >= 0.6 is 0 Å². The van der Waals surface area contributed by atoms with Crippen molar-refractivity contribution < 1.29 is 38.4 Å². The Morgan fingerprint density at radius 1 is 1.19 bits per heavy atom. The minimum atomic E-state index is -1.26. The van der Waals surface area contributed by atoms with Gasteiger partial charge in [-0.1, -0.05) is 27.7 Å². The fourth-order valence-electron chi connectivity index (χ4n) is 5.95. The lowest BCUT2D eigenvalue weighted by atomic mass is 9.72. The number of Topliss-reactive ketones (excluding diaryl/α,β-unsaturated/α-hetero) is 1. The summed E-state index contributed by atoms with van der Waals surface area (Å²) >= 11 is 0. The first-order valence-corrected chi connectivity index (χ1v) is 13.2. The molecular formula is C28H41NO8. The van der Waals surface area contributed by atoms with Crippen LogP contribution in [0.25, 0.3) is 6.08 Å². The second kappa shape index (κ2) is 10.2. The quantitative estimate of drug-likeness (QED) is 0.454. The summed E-state index contributed by atoms with van der Waals surface area (Å²) in [6.07, 6.45) is 2.57. The molecule has 4 rings (SSSR count). The topological polar surface area (TPSA) is 132 Å². The highest BCUT2D eigenvalue weighted by Crippen LogP contribution is 2.56. The first-order chi connectivity index (χ1) is 17.3. The van der Waals surface area contributed by atoms with E-state index in [4.69, 9.17) is 18.6 Å². The van der Waals surface area contributed by atoms with Crippen LogP contribution < -0.4 is 4.74 Å². The Bertz CT molecular complexity index is 1050.